The number of hydrogen-bond acceptors (Lipinski definition) is 3. The topological polar surface area (TPSA) is 55.5 Å². The zero-order valence-electron chi connectivity index (χ0n) is 7.75. The molecule has 3 heteroatoms. The van der Waals surface area contributed by atoms with Crippen LogP contribution in [0.5, 0.6) is 0 Å². The first-order valence-electron chi connectivity index (χ1n) is 4.21. The first-order chi connectivity index (χ1) is 5.68. The van der Waals surface area contributed by atoms with Crippen LogP contribution < -0.4 is 5.73 Å². The predicted octanol–water partition coefficient (Wildman–Crippen LogP) is 0.679. The Morgan fingerprint density at radius 1 is 1.67 bits per heavy atom. The maximum absolute atomic E-state index is 9.89. The molecule has 0 aromatic heterocycles. The van der Waals surface area contributed by atoms with Crippen LogP contribution in [0.3, 0.4) is 0 Å². The molecule has 72 valence electrons. The van der Waals surface area contributed by atoms with Crippen LogP contribution >= 0.6 is 0 Å². The van der Waals surface area contributed by atoms with Crippen LogP contribution in [0.2, 0.25) is 0 Å². The summed E-state index contributed by atoms with van der Waals surface area (Å²) in [5.74, 6) is 0. The van der Waals surface area contributed by atoms with Gasteiger partial charge in [-0.2, -0.15) is 0 Å². The van der Waals surface area contributed by atoms with E-state index in [0.29, 0.717) is 26.0 Å². The van der Waals surface area contributed by atoms with E-state index in [1.165, 1.54) is 0 Å². The van der Waals surface area contributed by atoms with Crippen LogP contribution in [-0.4, -0.2) is 31.0 Å². The van der Waals surface area contributed by atoms with E-state index >= 15 is 0 Å². The molecule has 0 aliphatic carbocycles. The van der Waals surface area contributed by atoms with E-state index in [1.54, 1.807) is 13.2 Å². The fraction of sp³-hybridized carbons (Fsp3) is 0.778. The zero-order chi connectivity index (χ0) is 9.45. The minimum absolute atomic E-state index is 0.346. The van der Waals surface area contributed by atoms with Gasteiger partial charge in [0.05, 0.1) is 12.2 Å². The van der Waals surface area contributed by atoms with Crippen LogP contribution in [0.1, 0.15) is 19.3 Å². The second-order valence-corrected chi connectivity index (χ2v) is 3.04. The molecule has 12 heavy (non-hydrogen) atoms. The lowest BCUT2D eigenvalue weighted by Gasteiger charge is -2.25. The number of ether oxygens (including phenoxy) is 1. The molecular formula is C9H19NO2. The van der Waals surface area contributed by atoms with E-state index < -0.39 is 5.60 Å². The summed E-state index contributed by atoms with van der Waals surface area (Å²) in [4.78, 5) is 0. The highest BCUT2D eigenvalue weighted by Gasteiger charge is 2.24. The van der Waals surface area contributed by atoms with Crippen molar-refractivity contribution >= 4 is 0 Å². The summed E-state index contributed by atoms with van der Waals surface area (Å²) in [6, 6.07) is 0. The fourth-order valence-corrected chi connectivity index (χ4v) is 1.20. The molecule has 0 aliphatic rings. The molecule has 0 saturated carbocycles. The number of methoxy groups -OCH3 is 1. The van der Waals surface area contributed by atoms with Gasteiger partial charge in [0.2, 0.25) is 0 Å². The molecular weight excluding hydrogens is 154 g/mol. The quantitative estimate of drug-likeness (QED) is 0.557. The summed E-state index contributed by atoms with van der Waals surface area (Å²) in [5.41, 5.74) is 4.58. The van der Waals surface area contributed by atoms with Crippen molar-refractivity contribution in [2.24, 2.45) is 5.73 Å². The number of aliphatic hydroxyl groups is 1. The number of hydrogen-bond donors (Lipinski definition) is 2. The van der Waals surface area contributed by atoms with Crippen molar-refractivity contribution < 1.29 is 9.84 Å². The minimum atomic E-state index is -0.768. The van der Waals surface area contributed by atoms with Crippen molar-refractivity contribution in [2.45, 2.75) is 24.9 Å². The Labute approximate surface area is 74.2 Å². The molecule has 3 N–H and O–H groups in total. The second kappa shape index (κ2) is 6.17. The van der Waals surface area contributed by atoms with E-state index in [2.05, 4.69) is 6.58 Å². The Kier molecular flexibility index (Phi) is 5.98. The smallest absolute Gasteiger partial charge is 0.0914 e. The first kappa shape index (κ1) is 11.6. The molecule has 0 fully saturated rings. The third kappa shape index (κ3) is 4.49. The lowest BCUT2D eigenvalue weighted by Crippen LogP contribution is -2.34. The summed E-state index contributed by atoms with van der Waals surface area (Å²) in [6.45, 7) is 4.54. The first-order valence-corrected chi connectivity index (χ1v) is 4.21. The molecule has 0 spiro atoms. The molecule has 0 saturated heterocycles. The molecule has 0 aliphatic heterocycles. The van der Waals surface area contributed by atoms with Gasteiger partial charge in [-0.25, -0.2) is 0 Å². The summed E-state index contributed by atoms with van der Waals surface area (Å²) >= 11 is 0. The lowest BCUT2D eigenvalue weighted by molar-refractivity contribution is -0.0355. The Bertz CT molecular complexity index is 128. The fourth-order valence-electron chi connectivity index (χ4n) is 1.20. The summed E-state index contributed by atoms with van der Waals surface area (Å²) in [7, 11) is 1.58. The van der Waals surface area contributed by atoms with Gasteiger partial charge in [0.1, 0.15) is 0 Å². The number of rotatable bonds is 7. The van der Waals surface area contributed by atoms with E-state index in [1.807, 2.05) is 0 Å². The third-order valence-corrected chi connectivity index (χ3v) is 1.78. The number of nitrogens with two attached hydrogens (primary N) is 1. The standard InChI is InChI=1S/C9H19NO2/c1-3-5-9(11,8-12-2)6-4-7-10/h3,11H,1,4-8,10H2,2H3. The summed E-state index contributed by atoms with van der Waals surface area (Å²) < 4.78 is 4.92. The van der Waals surface area contributed by atoms with Crippen molar-refractivity contribution in [2.75, 3.05) is 20.3 Å². The van der Waals surface area contributed by atoms with Crippen LogP contribution in [0, 0.1) is 0 Å². The predicted molar refractivity (Wildman–Crippen MR) is 49.9 cm³/mol. The molecule has 0 amide bonds. The van der Waals surface area contributed by atoms with Gasteiger partial charge in [0, 0.05) is 7.11 Å². The maximum atomic E-state index is 9.89. The molecule has 0 radical (unpaired) electrons. The van der Waals surface area contributed by atoms with Crippen LogP contribution in [0.25, 0.3) is 0 Å². The molecule has 0 aromatic rings. The Balaban J connectivity index is 3.88. The van der Waals surface area contributed by atoms with Gasteiger partial charge < -0.3 is 15.6 Å². The molecule has 0 heterocycles. The van der Waals surface area contributed by atoms with E-state index in [9.17, 15) is 5.11 Å². The lowest BCUT2D eigenvalue weighted by atomic mass is 9.95. The highest BCUT2D eigenvalue weighted by atomic mass is 16.5. The monoisotopic (exact) mass is 173 g/mol. The van der Waals surface area contributed by atoms with Gasteiger partial charge in [-0.15, -0.1) is 6.58 Å². The van der Waals surface area contributed by atoms with E-state index in [0.717, 1.165) is 6.42 Å². The van der Waals surface area contributed by atoms with Crippen LogP contribution in [0.4, 0.5) is 0 Å². The van der Waals surface area contributed by atoms with Crippen molar-refractivity contribution in [1.29, 1.82) is 0 Å². The average molecular weight is 173 g/mol. The normalized spacial score (nSPS) is 15.6. The van der Waals surface area contributed by atoms with Gasteiger partial charge in [0.15, 0.2) is 0 Å². The molecule has 1 atom stereocenters. The molecule has 3 nitrogen and oxygen atoms in total. The zero-order valence-corrected chi connectivity index (χ0v) is 7.75. The Morgan fingerprint density at radius 3 is 2.75 bits per heavy atom. The van der Waals surface area contributed by atoms with Crippen LogP contribution in [-0.2, 0) is 4.74 Å². The van der Waals surface area contributed by atoms with E-state index in [-0.39, 0.29) is 0 Å². The van der Waals surface area contributed by atoms with E-state index in [4.69, 9.17) is 10.5 Å². The van der Waals surface area contributed by atoms with Gasteiger partial charge >= 0.3 is 0 Å². The van der Waals surface area contributed by atoms with Crippen molar-refractivity contribution in [3.05, 3.63) is 12.7 Å². The SMILES string of the molecule is C=CCC(O)(CCCN)COC. The highest BCUT2D eigenvalue weighted by molar-refractivity contribution is 4.86. The highest BCUT2D eigenvalue weighted by Crippen LogP contribution is 2.17. The average Bonchev–Trinajstić information content (AvgIpc) is 2.02. The van der Waals surface area contributed by atoms with Gasteiger partial charge in [-0.05, 0) is 25.8 Å². The molecule has 1 unspecified atom stereocenters. The Morgan fingerprint density at radius 2 is 2.33 bits per heavy atom. The summed E-state index contributed by atoms with van der Waals surface area (Å²) in [6.07, 6.45) is 3.74. The van der Waals surface area contributed by atoms with Crippen molar-refractivity contribution in [1.82, 2.24) is 0 Å². The van der Waals surface area contributed by atoms with Gasteiger partial charge in [-0.3, -0.25) is 0 Å². The second-order valence-electron chi connectivity index (χ2n) is 3.04. The van der Waals surface area contributed by atoms with Gasteiger partial charge in [-0.1, -0.05) is 6.08 Å². The molecule has 0 bridgehead atoms. The van der Waals surface area contributed by atoms with Gasteiger partial charge in [0.25, 0.3) is 0 Å². The minimum Gasteiger partial charge on any atom is -0.387 e. The maximum Gasteiger partial charge on any atom is 0.0914 e. The largest absolute Gasteiger partial charge is 0.387 e. The third-order valence-electron chi connectivity index (χ3n) is 1.78. The van der Waals surface area contributed by atoms with Crippen LogP contribution in [0.15, 0.2) is 12.7 Å². The van der Waals surface area contributed by atoms with Crippen molar-refractivity contribution in [3.8, 4) is 0 Å². The van der Waals surface area contributed by atoms with Crippen molar-refractivity contribution in [3.63, 3.8) is 0 Å². The molecule has 0 rings (SSSR count). The summed E-state index contributed by atoms with van der Waals surface area (Å²) in [5, 5.41) is 9.89. The molecule has 0 aromatic carbocycles. The Hall–Kier alpha value is -0.380.